The molecule has 0 amide bonds. The topological polar surface area (TPSA) is 56.7 Å². The van der Waals surface area contributed by atoms with Crippen molar-refractivity contribution in [3.63, 3.8) is 0 Å². The van der Waals surface area contributed by atoms with Crippen LogP contribution in [0.15, 0.2) is 53.6 Å². The standard InChI is InChI=1S/C13H12N4O/c1-10(17-8-7-14-9-17)13-15-12(16-18-13)11-5-3-2-4-6-11/h2-10H,1H3. The molecule has 0 bridgehead atoms. The van der Waals surface area contributed by atoms with Crippen LogP contribution in [0.3, 0.4) is 0 Å². The fourth-order valence-electron chi connectivity index (χ4n) is 1.74. The van der Waals surface area contributed by atoms with E-state index in [4.69, 9.17) is 4.52 Å². The van der Waals surface area contributed by atoms with E-state index in [0.717, 1.165) is 5.56 Å². The summed E-state index contributed by atoms with van der Waals surface area (Å²) in [5.74, 6) is 1.18. The average molecular weight is 240 g/mol. The van der Waals surface area contributed by atoms with Crippen LogP contribution < -0.4 is 0 Å². The first-order chi connectivity index (χ1) is 8.84. The van der Waals surface area contributed by atoms with Crippen LogP contribution in [0.5, 0.6) is 0 Å². The van der Waals surface area contributed by atoms with Gasteiger partial charge in [-0.3, -0.25) is 0 Å². The van der Waals surface area contributed by atoms with Crippen molar-refractivity contribution in [2.75, 3.05) is 0 Å². The van der Waals surface area contributed by atoms with Crippen molar-refractivity contribution < 1.29 is 4.52 Å². The monoisotopic (exact) mass is 240 g/mol. The fraction of sp³-hybridized carbons (Fsp3) is 0.154. The van der Waals surface area contributed by atoms with Crippen molar-refractivity contribution in [3.05, 3.63) is 54.9 Å². The van der Waals surface area contributed by atoms with Gasteiger partial charge < -0.3 is 9.09 Å². The zero-order chi connectivity index (χ0) is 12.4. The number of nitrogens with zero attached hydrogens (tertiary/aromatic N) is 4. The molecule has 1 aromatic carbocycles. The second-order valence-corrected chi connectivity index (χ2v) is 4.01. The van der Waals surface area contributed by atoms with Gasteiger partial charge in [-0.25, -0.2) is 4.98 Å². The molecule has 5 heteroatoms. The van der Waals surface area contributed by atoms with Gasteiger partial charge in [-0.2, -0.15) is 4.98 Å². The number of hydrogen-bond donors (Lipinski definition) is 0. The molecule has 1 unspecified atom stereocenters. The molecule has 2 aromatic heterocycles. The molecule has 3 rings (SSSR count). The highest BCUT2D eigenvalue weighted by Gasteiger charge is 2.15. The smallest absolute Gasteiger partial charge is 0.249 e. The van der Waals surface area contributed by atoms with Gasteiger partial charge in [-0.15, -0.1) is 0 Å². The number of rotatable bonds is 3. The molecule has 5 nitrogen and oxygen atoms in total. The number of imidazole rings is 1. The summed E-state index contributed by atoms with van der Waals surface area (Å²) < 4.78 is 7.21. The first kappa shape index (κ1) is 10.7. The second kappa shape index (κ2) is 4.44. The summed E-state index contributed by atoms with van der Waals surface area (Å²) in [6.07, 6.45) is 5.33. The maximum atomic E-state index is 5.29. The number of benzene rings is 1. The van der Waals surface area contributed by atoms with Gasteiger partial charge in [0.05, 0.1) is 6.33 Å². The zero-order valence-corrected chi connectivity index (χ0v) is 9.89. The van der Waals surface area contributed by atoms with Gasteiger partial charge in [-0.05, 0) is 6.92 Å². The van der Waals surface area contributed by atoms with Crippen LogP contribution in [-0.2, 0) is 0 Å². The van der Waals surface area contributed by atoms with Crippen molar-refractivity contribution in [1.82, 2.24) is 19.7 Å². The quantitative estimate of drug-likeness (QED) is 0.706. The Hall–Kier alpha value is -2.43. The van der Waals surface area contributed by atoms with Crippen LogP contribution in [0.4, 0.5) is 0 Å². The lowest BCUT2D eigenvalue weighted by molar-refractivity contribution is 0.345. The van der Waals surface area contributed by atoms with Gasteiger partial charge in [0.1, 0.15) is 6.04 Å². The maximum Gasteiger partial charge on any atom is 0.249 e. The van der Waals surface area contributed by atoms with Gasteiger partial charge in [0.15, 0.2) is 0 Å². The first-order valence-corrected chi connectivity index (χ1v) is 5.71. The molecule has 0 radical (unpaired) electrons. The largest absolute Gasteiger partial charge is 0.337 e. The van der Waals surface area contributed by atoms with E-state index < -0.39 is 0 Å². The van der Waals surface area contributed by atoms with Crippen molar-refractivity contribution in [2.24, 2.45) is 0 Å². The summed E-state index contributed by atoms with van der Waals surface area (Å²) in [5, 5.41) is 4.00. The van der Waals surface area contributed by atoms with Crippen molar-refractivity contribution in [1.29, 1.82) is 0 Å². The lowest BCUT2D eigenvalue weighted by Crippen LogP contribution is -2.04. The summed E-state index contributed by atoms with van der Waals surface area (Å²) in [7, 11) is 0. The fourth-order valence-corrected chi connectivity index (χ4v) is 1.74. The van der Waals surface area contributed by atoms with E-state index in [-0.39, 0.29) is 6.04 Å². The minimum Gasteiger partial charge on any atom is -0.337 e. The number of hydrogen-bond acceptors (Lipinski definition) is 4. The third-order valence-electron chi connectivity index (χ3n) is 2.80. The summed E-state index contributed by atoms with van der Waals surface area (Å²) in [4.78, 5) is 8.42. The summed E-state index contributed by atoms with van der Waals surface area (Å²) in [6.45, 7) is 1.99. The highest BCUT2D eigenvalue weighted by molar-refractivity contribution is 5.53. The Bertz CT molecular complexity index is 616. The number of aromatic nitrogens is 4. The van der Waals surface area contributed by atoms with Gasteiger partial charge in [-0.1, -0.05) is 35.5 Å². The van der Waals surface area contributed by atoms with Crippen molar-refractivity contribution >= 4 is 0 Å². The van der Waals surface area contributed by atoms with E-state index >= 15 is 0 Å². The Kier molecular flexibility index (Phi) is 2.64. The molecule has 90 valence electrons. The Morgan fingerprint density at radius 2 is 2.06 bits per heavy atom. The predicted molar refractivity (Wildman–Crippen MR) is 65.8 cm³/mol. The van der Waals surface area contributed by atoms with Gasteiger partial charge in [0.25, 0.3) is 0 Å². The van der Waals surface area contributed by atoms with E-state index in [9.17, 15) is 0 Å². The van der Waals surface area contributed by atoms with E-state index in [1.54, 1.807) is 12.5 Å². The summed E-state index contributed by atoms with van der Waals surface area (Å²) in [6, 6.07) is 9.75. The third kappa shape index (κ3) is 1.90. The second-order valence-electron chi connectivity index (χ2n) is 4.01. The molecule has 0 aliphatic carbocycles. The van der Waals surface area contributed by atoms with Crippen molar-refractivity contribution in [3.8, 4) is 11.4 Å². The first-order valence-electron chi connectivity index (χ1n) is 5.71. The molecule has 0 fully saturated rings. The van der Waals surface area contributed by atoms with Crippen LogP contribution in [0.1, 0.15) is 18.9 Å². The SMILES string of the molecule is CC(c1nc(-c2ccccc2)no1)n1ccnc1. The Labute approximate surface area is 104 Å². The molecular formula is C13H12N4O. The molecule has 0 N–H and O–H groups in total. The molecule has 0 spiro atoms. The summed E-state index contributed by atoms with van der Waals surface area (Å²) >= 11 is 0. The Morgan fingerprint density at radius 3 is 2.78 bits per heavy atom. The summed E-state index contributed by atoms with van der Waals surface area (Å²) in [5.41, 5.74) is 0.949. The molecule has 2 heterocycles. The van der Waals surface area contributed by atoms with Gasteiger partial charge in [0, 0.05) is 18.0 Å². The normalized spacial score (nSPS) is 12.5. The van der Waals surface area contributed by atoms with Crippen LogP contribution in [0, 0.1) is 0 Å². The van der Waals surface area contributed by atoms with Crippen LogP contribution in [0.2, 0.25) is 0 Å². The van der Waals surface area contributed by atoms with E-state index in [0.29, 0.717) is 11.7 Å². The molecule has 0 saturated heterocycles. The van der Waals surface area contributed by atoms with Gasteiger partial charge in [0.2, 0.25) is 11.7 Å². The lowest BCUT2D eigenvalue weighted by Gasteiger charge is -2.06. The predicted octanol–water partition coefficient (Wildman–Crippen LogP) is 2.54. The Balaban J connectivity index is 1.90. The highest BCUT2D eigenvalue weighted by Crippen LogP contribution is 2.20. The lowest BCUT2D eigenvalue weighted by atomic mass is 10.2. The van der Waals surface area contributed by atoms with E-state index in [2.05, 4.69) is 15.1 Å². The third-order valence-corrected chi connectivity index (χ3v) is 2.80. The average Bonchev–Trinajstić information content (AvgIpc) is 3.10. The van der Waals surface area contributed by atoms with E-state index in [1.165, 1.54) is 0 Å². The van der Waals surface area contributed by atoms with Gasteiger partial charge >= 0.3 is 0 Å². The molecule has 18 heavy (non-hydrogen) atoms. The molecule has 1 atom stereocenters. The molecule has 0 aliphatic rings. The van der Waals surface area contributed by atoms with Crippen LogP contribution in [0.25, 0.3) is 11.4 Å². The van der Waals surface area contributed by atoms with Crippen molar-refractivity contribution in [2.45, 2.75) is 13.0 Å². The van der Waals surface area contributed by atoms with Crippen LogP contribution >= 0.6 is 0 Å². The Morgan fingerprint density at radius 1 is 1.22 bits per heavy atom. The highest BCUT2D eigenvalue weighted by atomic mass is 16.5. The van der Waals surface area contributed by atoms with E-state index in [1.807, 2.05) is 48.0 Å². The zero-order valence-electron chi connectivity index (χ0n) is 9.89. The minimum atomic E-state index is -0.0162. The van der Waals surface area contributed by atoms with Crippen LogP contribution in [-0.4, -0.2) is 19.7 Å². The molecular weight excluding hydrogens is 228 g/mol. The molecule has 3 aromatic rings. The maximum absolute atomic E-state index is 5.29. The molecule has 0 aliphatic heterocycles. The molecule has 0 saturated carbocycles. The minimum absolute atomic E-state index is 0.0162.